The lowest BCUT2D eigenvalue weighted by molar-refractivity contribution is 0.0702. The molecule has 3 aromatic rings. The van der Waals surface area contributed by atoms with Gasteiger partial charge >= 0.3 is 5.97 Å². The molecule has 0 aliphatic heterocycles. The van der Waals surface area contributed by atoms with E-state index in [2.05, 4.69) is 22.2 Å². The van der Waals surface area contributed by atoms with E-state index in [0.29, 0.717) is 22.0 Å². The van der Waals surface area contributed by atoms with E-state index in [9.17, 15) is 14.7 Å². The van der Waals surface area contributed by atoms with Crippen LogP contribution in [0, 0.1) is 0 Å². The number of rotatable bonds is 6. The van der Waals surface area contributed by atoms with E-state index in [1.807, 2.05) is 6.07 Å². The number of aryl methyl sites for hydroxylation is 3. The van der Waals surface area contributed by atoms with Crippen molar-refractivity contribution in [2.45, 2.75) is 26.2 Å². The molecule has 1 aliphatic rings. The molecule has 1 aliphatic carbocycles. The number of fused-ring (bicyclic) bond motifs is 1. The molecule has 1 aromatic carbocycles. The first-order chi connectivity index (χ1) is 14.3. The van der Waals surface area contributed by atoms with Gasteiger partial charge in [0.05, 0.1) is 10.6 Å². The highest BCUT2D eigenvalue weighted by Gasteiger charge is 2.21. The first kappa shape index (κ1) is 20.0. The van der Waals surface area contributed by atoms with E-state index in [1.54, 1.807) is 18.7 Å². The number of Topliss-reactive ketones (excluding diaryl/α,β-unsaturated/α-hetero) is 1. The van der Waals surface area contributed by atoms with Crippen LogP contribution in [-0.2, 0) is 19.9 Å². The third-order valence-corrected chi connectivity index (χ3v) is 6.40. The van der Waals surface area contributed by atoms with Gasteiger partial charge in [0.25, 0.3) is 0 Å². The fraction of sp³-hybridized carbons (Fsp3) is 0.273. The second kappa shape index (κ2) is 7.87. The Morgan fingerprint density at radius 2 is 1.90 bits per heavy atom. The molecule has 0 spiro atoms. The Balaban J connectivity index is 1.57. The number of carbonyl (C=O) groups excluding carboxylic acids is 1. The Morgan fingerprint density at radius 1 is 1.17 bits per heavy atom. The number of nitrogens with zero attached hydrogens (tertiary/aromatic N) is 3. The van der Waals surface area contributed by atoms with Crippen molar-refractivity contribution in [3.63, 3.8) is 0 Å². The zero-order valence-corrected chi connectivity index (χ0v) is 17.5. The lowest BCUT2D eigenvalue weighted by atomic mass is 10.0. The first-order valence-electron chi connectivity index (χ1n) is 9.61. The van der Waals surface area contributed by atoms with Gasteiger partial charge in [-0.15, -0.1) is 11.3 Å². The van der Waals surface area contributed by atoms with Crippen molar-refractivity contribution in [3.05, 3.63) is 56.9 Å². The number of aromatic nitrogens is 2. The minimum Gasteiger partial charge on any atom is -0.504 e. The highest BCUT2D eigenvalue weighted by Crippen LogP contribution is 2.35. The molecule has 30 heavy (non-hydrogen) atoms. The van der Waals surface area contributed by atoms with Crippen LogP contribution in [0.2, 0.25) is 0 Å². The number of aromatic carboxylic acids is 1. The van der Waals surface area contributed by atoms with Gasteiger partial charge in [0.2, 0.25) is 0 Å². The van der Waals surface area contributed by atoms with Crippen molar-refractivity contribution in [2.75, 3.05) is 6.54 Å². The van der Waals surface area contributed by atoms with Crippen LogP contribution in [0.3, 0.4) is 0 Å². The summed E-state index contributed by atoms with van der Waals surface area (Å²) in [6.45, 7) is 1.55. The monoisotopic (exact) mass is 423 g/mol. The SMILES string of the molecule is CC(=NCC(=O)c1ccc(C(=O)O)s1)c1nn(C)c(-c2ccc3c(c2)CCC3)c1O. The van der Waals surface area contributed by atoms with E-state index >= 15 is 0 Å². The minimum absolute atomic E-state index is 0.0356. The molecule has 2 N–H and O–H groups in total. The third kappa shape index (κ3) is 3.66. The molecule has 0 radical (unpaired) electrons. The van der Waals surface area contributed by atoms with Gasteiger partial charge in [0.1, 0.15) is 22.8 Å². The zero-order chi connectivity index (χ0) is 21.4. The number of hydrogen-bond donors (Lipinski definition) is 2. The second-order valence-electron chi connectivity index (χ2n) is 7.30. The van der Waals surface area contributed by atoms with Crippen LogP contribution < -0.4 is 0 Å². The fourth-order valence-electron chi connectivity index (χ4n) is 3.75. The van der Waals surface area contributed by atoms with Gasteiger partial charge in [-0.3, -0.25) is 14.5 Å². The summed E-state index contributed by atoms with van der Waals surface area (Å²) in [5.41, 5.74) is 4.96. The lowest BCUT2D eigenvalue weighted by Crippen LogP contribution is -2.05. The molecule has 0 saturated heterocycles. The second-order valence-corrected chi connectivity index (χ2v) is 8.38. The van der Waals surface area contributed by atoms with Gasteiger partial charge in [0.15, 0.2) is 11.5 Å². The van der Waals surface area contributed by atoms with Crippen molar-refractivity contribution in [1.29, 1.82) is 0 Å². The topological polar surface area (TPSA) is 105 Å². The molecule has 2 heterocycles. The zero-order valence-electron chi connectivity index (χ0n) is 16.7. The van der Waals surface area contributed by atoms with Crippen molar-refractivity contribution in [3.8, 4) is 17.0 Å². The number of carbonyl (C=O) groups is 2. The normalized spacial score (nSPS) is 13.5. The molecule has 0 amide bonds. The number of benzene rings is 1. The lowest BCUT2D eigenvalue weighted by Gasteiger charge is -2.06. The van der Waals surface area contributed by atoms with E-state index in [0.717, 1.165) is 36.2 Å². The third-order valence-electron chi connectivity index (χ3n) is 5.29. The van der Waals surface area contributed by atoms with Gasteiger partial charge in [-0.05, 0) is 55.5 Å². The number of carboxylic acids is 1. The number of hydrogen-bond acceptors (Lipinski definition) is 6. The Morgan fingerprint density at radius 3 is 2.63 bits per heavy atom. The van der Waals surface area contributed by atoms with Gasteiger partial charge in [-0.25, -0.2) is 4.79 Å². The highest BCUT2D eigenvalue weighted by molar-refractivity contribution is 7.15. The molecule has 0 bridgehead atoms. The van der Waals surface area contributed by atoms with Gasteiger partial charge in [0, 0.05) is 12.6 Å². The largest absolute Gasteiger partial charge is 0.504 e. The summed E-state index contributed by atoms with van der Waals surface area (Å²) < 4.78 is 1.63. The van der Waals surface area contributed by atoms with Crippen LogP contribution in [0.5, 0.6) is 5.75 Å². The van der Waals surface area contributed by atoms with E-state index < -0.39 is 5.97 Å². The molecular weight excluding hydrogens is 402 g/mol. The summed E-state index contributed by atoms with van der Waals surface area (Å²) in [5, 5.41) is 24.2. The summed E-state index contributed by atoms with van der Waals surface area (Å²) in [7, 11) is 1.77. The van der Waals surface area contributed by atoms with Crippen LogP contribution in [0.1, 0.15) is 49.5 Å². The summed E-state index contributed by atoms with van der Waals surface area (Å²) in [6, 6.07) is 9.11. The molecule has 0 fully saturated rings. The van der Waals surface area contributed by atoms with Gasteiger partial charge in [-0.2, -0.15) is 5.10 Å². The average Bonchev–Trinajstić information content (AvgIpc) is 3.44. The molecule has 4 rings (SSSR count). The Labute approximate surface area is 177 Å². The van der Waals surface area contributed by atoms with Gasteiger partial charge < -0.3 is 10.2 Å². The molecule has 2 aromatic heterocycles. The van der Waals surface area contributed by atoms with Crippen molar-refractivity contribution < 1.29 is 19.8 Å². The van der Waals surface area contributed by atoms with Crippen molar-refractivity contribution in [2.24, 2.45) is 12.0 Å². The Bertz CT molecular complexity index is 1190. The van der Waals surface area contributed by atoms with Crippen molar-refractivity contribution >= 4 is 28.8 Å². The molecule has 0 unspecified atom stereocenters. The van der Waals surface area contributed by atoms with Crippen LogP contribution in [0.25, 0.3) is 11.3 Å². The predicted octanol–water partition coefficient (Wildman–Crippen LogP) is 3.73. The minimum atomic E-state index is -1.06. The average molecular weight is 423 g/mol. The number of carboxylic acid groups (broad SMARTS) is 1. The first-order valence-corrected chi connectivity index (χ1v) is 10.4. The smallest absolute Gasteiger partial charge is 0.345 e. The van der Waals surface area contributed by atoms with Crippen LogP contribution in [0.15, 0.2) is 35.3 Å². The van der Waals surface area contributed by atoms with Crippen molar-refractivity contribution in [1.82, 2.24) is 9.78 Å². The standard InChI is InChI=1S/C22H21N3O4S/c1-12(23-11-16(26)17-8-9-18(30-17)22(28)29)19-21(27)20(25(2)24-19)15-7-6-13-4-3-5-14(13)10-15/h6-10,27H,3-5,11H2,1-2H3,(H,28,29). The number of aliphatic imine (C=N–C) groups is 1. The fourth-order valence-corrected chi connectivity index (χ4v) is 4.52. The maximum absolute atomic E-state index is 12.3. The molecule has 7 nitrogen and oxygen atoms in total. The molecule has 154 valence electrons. The summed E-state index contributed by atoms with van der Waals surface area (Å²) in [6.07, 6.45) is 3.29. The van der Waals surface area contributed by atoms with Gasteiger partial charge in [-0.1, -0.05) is 12.1 Å². The number of aromatic hydroxyl groups is 1. The summed E-state index contributed by atoms with van der Waals surface area (Å²) in [5.74, 6) is -1.30. The van der Waals surface area contributed by atoms with E-state index in [4.69, 9.17) is 5.11 Å². The van der Waals surface area contributed by atoms with E-state index in [-0.39, 0.29) is 23.0 Å². The highest BCUT2D eigenvalue weighted by atomic mass is 32.1. The maximum atomic E-state index is 12.3. The quantitative estimate of drug-likeness (QED) is 0.464. The number of ketones is 1. The Kier molecular flexibility index (Phi) is 5.26. The maximum Gasteiger partial charge on any atom is 0.345 e. The summed E-state index contributed by atoms with van der Waals surface area (Å²) >= 11 is 0.926. The Hall–Kier alpha value is -3.26. The number of thiophene rings is 1. The predicted molar refractivity (Wildman–Crippen MR) is 115 cm³/mol. The van der Waals surface area contributed by atoms with E-state index in [1.165, 1.54) is 23.3 Å². The van der Waals surface area contributed by atoms with Crippen LogP contribution in [-0.4, -0.2) is 44.0 Å². The molecule has 8 heteroatoms. The molecular formula is C22H21N3O4S. The summed E-state index contributed by atoms with van der Waals surface area (Å²) in [4.78, 5) is 28.0. The molecule has 0 saturated carbocycles. The molecule has 0 atom stereocenters. The van der Waals surface area contributed by atoms with Crippen LogP contribution in [0.4, 0.5) is 0 Å². The van der Waals surface area contributed by atoms with Crippen LogP contribution >= 0.6 is 11.3 Å².